The molecule has 1 aromatic heterocycles. The number of imidazole rings is 1. The van der Waals surface area contributed by atoms with E-state index >= 15 is 0 Å². The van der Waals surface area contributed by atoms with Crippen LogP contribution in [0.4, 0.5) is 0 Å². The number of rotatable bonds is 4. The summed E-state index contributed by atoms with van der Waals surface area (Å²) in [5.74, 6) is -1.12. The molecule has 1 saturated heterocycles. The lowest BCUT2D eigenvalue weighted by molar-refractivity contribution is -0.406. The van der Waals surface area contributed by atoms with E-state index in [9.17, 15) is 9.59 Å². The van der Waals surface area contributed by atoms with Crippen LogP contribution in [-0.2, 0) is 16.0 Å². The number of aliphatic carboxylic acids is 1. The number of quaternary nitrogens is 1. The van der Waals surface area contributed by atoms with Crippen molar-refractivity contribution in [3.8, 4) is 0 Å². The van der Waals surface area contributed by atoms with Crippen molar-refractivity contribution < 1.29 is 25.4 Å². The van der Waals surface area contributed by atoms with Crippen LogP contribution in [-0.4, -0.2) is 45.5 Å². The van der Waals surface area contributed by atoms with Crippen LogP contribution in [0.15, 0.2) is 12.5 Å². The van der Waals surface area contributed by atoms with Gasteiger partial charge < -0.3 is 15.7 Å². The Morgan fingerprint density at radius 2 is 2.44 bits per heavy atom. The molecule has 0 aromatic carbocycles. The van der Waals surface area contributed by atoms with E-state index in [0.717, 1.165) is 12.1 Å². The molecule has 7 heteroatoms. The lowest BCUT2D eigenvalue weighted by Crippen LogP contribution is -2.69. The highest BCUT2D eigenvalue weighted by atomic mass is 16.4. The minimum absolute atomic E-state index is 0.186. The molecule has 7 nitrogen and oxygen atoms in total. The van der Waals surface area contributed by atoms with Gasteiger partial charge in [-0.2, -0.15) is 0 Å². The summed E-state index contributed by atoms with van der Waals surface area (Å²) < 4.78 is 0. The molecule has 6 N–H and O–H groups in total. The number of H-pyrrole nitrogens is 2. The van der Waals surface area contributed by atoms with E-state index in [4.69, 9.17) is 5.11 Å². The van der Waals surface area contributed by atoms with Crippen molar-refractivity contribution >= 4 is 11.9 Å². The Morgan fingerprint density at radius 3 is 3.06 bits per heavy atom. The first kappa shape index (κ1) is 12.6. The largest absolute Gasteiger partial charge is 0.480 e. The fourth-order valence-corrected chi connectivity index (χ4v) is 2.31. The Labute approximate surface area is 104 Å². The van der Waals surface area contributed by atoms with Crippen LogP contribution < -0.4 is 10.7 Å². The first-order valence-electron chi connectivity index (χ1n) is 5.99. The quantitative estimate of drug-likeness (QED) is 0.580. The maximum Gasteiger partial charge on any atom is 0.326 e. The molecule has 98 valence electrons. The molecule has 1 aliphatic rings. The summed E-state index contributed by atoms with van der Waals surface area (Å²) in [6.45, 7) is 0.513. The molecule has 2 atom stereocenters. The first-order valence-corrected chi connectivity index (χ1v) is 5.99. The van der Waals surface area contributed by atoms with Crippen molar-refractivity contribution in [2.75, 3.05) is 6.54 Å². The maximum atomic E-state index is 12.2. The average molecular weight is 254 g/mol. The van der Waals surface area contributed by atoms with Gasteiger partial charge in [-0.1, -0.05) is 0 Å². The monoisotopic (exact) mass is 254 g/mol. The zero-order valence-electron chi connectivity index (χ0n) is 10.1. The number of carboxylic acids is 1. The summed E-state index contributed by atoms with van der Waals surface area (Å²) in [7, 11) is 0. The zero-order chi connectivity index (χ0) is 13.1. The van der Waals surface area contributed by atoms with E-state index in [1.165, 1.54) is 4.90 Å². The Balaban J connectivity index is 1.99. The lowest BCUT2D eigenvalue weighted by atomic mass is 10.1. The third kappa shape index (κ3) is 2.51. The van der Waals surface area contributed by atoms with Crippen molar-refractivity contribution in [3.05, 3.63) is 18.2 Å². The highest BCUT2D eigenvalue weighted by molar-refractivity contribution is 5.86. The van der Waals surface area contributed by atoms with E-state index in [0.29, 0.717) is 19.4 Å². The predicted octanol–water partition coefficient (Wildman–Crippen LogP) is -1.94. The molecule has 0 unspecified atom stereocenters. The predicted molar refractivity (Wildman–Crippen MR) is 60.1 cm³/mol. The van der Waals surface area contributed by atoms with Gasteiger partial charge >= 0.3 is 5.97 Å². The van der Waals surface area contributed by atoms with Gasteiger partial charge in [0, 0.05) is 6.54 Å². The number of likely N-dealkylation sites (tertiary alicyclic amines) is 1. The molecule has 0 spiro atoms. The van der Waals surface area contributed by atoms with Crippen LogP contribution in [0, 0.1) is 0 Å². The van der Waals surface area contributed by atoms with Crippen LogP contribution in [0.5, 0.6) is 0 Å². The summed E-state index contributed by atoms with van der Waals surface area (Å²) in [4.78, 5) is 30.5. The highest BCUT2D eigenvalue weighted by Gasteiger charge is 2.37. The molecule has 2 heterocycles. The molecule has 1 fully saturated rings. The van der Waals surface area contributed by atoms with E-state index in [1.807, 2.05) is 0 Å². The second-order valence-corrected chi connectivity index (χ2v) is 4.55. The molecule has 18 heavy (non-hydrogen) atoms. The van der Waals surface area contributed by atoms with Crippen LogP contribution in [0.3, 0.4) is 0 Å². The van der Waals surface area contributed by atoms with Gasteiger partial charge in [-0.15, -0.1) is 0 Å². The summed E-state index contributed by atoms with van der Waals surface area (Å²) in [6.07, 6.45) is 5.19. The second kappa shape index (κ2) is 5.18. The van der Waals surface area contributed by atoms with Crippen molar-refractivity contribution in [1.29, 1.82) is 0 Å². The number of nitrogens with zero attached hydrogens (tertiary/aromatic N) is 1. The molecule has 0 bridgehead atoms. The van der Waals surface area contributed by atoms with Gasteiger partial charge in [-0.25, -0.2) is 9.78 Å². The lowest BCUT2D eigenvalue weighted by Gasteiger charge is -2.22. The average Bonchev–Trinajstić information content (AvgIpc) is 2.97. The van der Waals surface area contributed by atoms with E-state index < -0.39 is 18.1 Å². The fourth-order valence-electron chi connectivity index (χ4n) is 2.31. The van der Waals surface area contributed by atoms with Gasteiger partial charge in [-0.3, -0.25) is 9.78 Å². The molecule has 1 amide bonds. The molecule has 1 aliphatic heterocycles. The molecule has 0 aliphatic carbocycles. The Bertz CT molecular complexity index is 432. The number of hydrogen-bond donors (Lipinski definition) is 3. The standard InChI is InChI=1S/C11H16N4O3/c12-8(4-7-5-13-6-14-7)10(16)15-3-1-2-9(15)11(17)18/h5-6,8-9H,1-4,12H2,(H,13,14)(H,17,18)/p+2/t8-,9-/m0/s1. The van der Waals surface area contributed by atoms with Crippen molar-refractivity contribution in [2.45, 2.75) is 31.3 Å². The number of nitrogens with one attached hydrogen (secondary N) is 2. The minimum Gasteiger partial charge on any atom is -0.480 e. The number of carbonyl (C=O) groups is 2. The zero-order valence-corrected chi connectivity index (χ0v) is 10.1. The van der Waals surface area contributed by atoms with Crippen LogP contribution >= 0.6 is 0 Å². The summed E-state index contributed by atoms with van der Waals surface area (Å²) in [5.41, 5.74) is 4.72. The molecular weight excluding hydrogens is 236 g/mol. The maximum absolute atomic E-state index is 12.2. The fraction of sp³-hybridized carbons (Fsp3) is 0.545. The topological polar surface area (TPSA) is 115 Å². The van der Waals surface area contributed by atoms with Gasteiger partial charge in [0.25, 0.3) is 5.91 Å². The minimum atomic E-state index is -0.929. The smallest absolute Gasteiger partial charge is 0.326 e. The van der Waals surface area contributed by atoms with Crippen LogP contribution in [0.2, 0.25) is 0 Å². The Hall–Kier alpha value is -1.89. The van der Waals surface area contributed by atoms with Crippen molar-refractivity contribution in [2.24, 2.45) is 0 Å². The summed E-state index contributed by atoms with van der Waals surface area (Å²) >= 11 is 0. The number of hydrogen-bond acceptors (Lipinski definition) is 2. The molecule has 1 aromatic rings. The first-order chi connectivity index (χ1) is 8.59. The van der Waals surface area contributed by atoms with E-state index in [1.54, 1.807) is 12.5 Å². The van der Waals surface area contributed by atoms with Crippen molar-refractivity contribution in [3.63, 3.8) is 0 Å². The van der Waals surface area contributed by atoms with Gasteiger partial charge in [0.15, 0.2) is 6.04 Å². The number of aromatic nitrogens is 2. The van der Waals surface area contributed by atoms with E-state index in [-0.39, 0.29) is 5.91 Å². The number of amides is 1. The van der Waals surface area contributed by atoms with Gasteiger partial charge in [0.05, 0.1) is 6.42 Å². The van der Waals surface area contributed by atoms with Gasteiger partial charge in [0.1, 0.15) is 17.9 Å². The molecule has 0 saturated carbocycles. The van der Waals surface area contributed by atoms with Crippen LogP contribution in [0.25, 0.3) is 0 Å². The van der Waals surface area contributed by atoms with Crippen LogP contribution in [0.1, 0.15) is 18.5 Å². The Kier molecular flexibility index (Phi) is 3.61. The van der Waals surface area contributed by atoms with Gasteiger partial charge in [0.2, 0.25) is 6.33 Å². The Morgan fingerprint density at radius 1 is 1.67 bits per heavy atom. The molecular formula is C11H18N4O3+2. The number of carboxylic acid groups (broad SMARTS) is 1. The normalized spacial score (nSPS) is 20.9. The number of aromatic amines is 2. The van der Waals surface area contributed by atoms with Crippen molar-refractivity contribution in [1.82, 2.24) is 9.88 Å². The molecule has 0 radical (unpaired) electrons. The SMILES string of the molecule is [NH3+][C@@H](Cc1c[nH+]c[nH]1)C(=O)N1CCC[C@H]1C(=O)O. The van der Waals surface area contributed by atoms with E-state index in [2.05, 4.69) is 15.7 Å². The highest BCUT2D eigenvalue weighted by Crippen LogP contribution is 2.18. The van der Waals surface area contributed by atoms with Gasteiger partial charge in [-0.05, 0) is 12.8 Å². The number of carbonyl (C=O) groups excluding carboxylic acids is 1. The summed E-state index contributed by atoms with van der Waals surface area (Å²) in [6, 6.07) is -1.14. The molecule has 2 rings (SSSR count). The third-order valence-electron chi connectivity index (χ3n) is 3.23. The third-order valence-corrected chi connectivity index (χ3v) is 3.23. The second-order valence-electron chi connectivity index (χ2n) is 4.55. The summed E-state index contributed by atoms with van der Waals surface area (Å²) in [5, 5.41) is 9.05.